The molecule has 7 heteroatoms. The number of nitrogens with two attached hydrogens (primary N) is 1. The van der Waals surface area contributed by atoms with Crippen molar-refractivity contribution in [2.75, 3.05) is 26.7 Å². The van der Waals surface area contributed by atoms with Crippen LogP contribution in [0.4, 0.5) is 4.39 Å². The number of likely N-dealkylation sites (tertiary alicyclic amines) is 1. The monoisotopic (exact) mass is 430 g/mol. The molecule has 5 nitrogen and oxygen atoms in total. The quantitative estimate of drug-likeness (QED) is 0.449. The van der Waals surface area contributed by atoms with Crippen LogP contribution in [-0.4, -0.2) is 45.7 Å². The van der Waals surface area contributed by atoms with Gasteiger partial charge >= 0.3 is 0 Å². The van der Waals surface area contributed by atoms with E-state index in [9.17, 15) is 4.39 Å². The maximum absolute atomic E-state index is 14.3. The van der Waals surface area contributed by atoms with Crippen molar-refractivity contribution in [1.29, 1.82) is 0 Å². The van der Waals surface area contributed by atoms with Crippen LogP contribution in [0.15, 0.2) is 18.3 Å². The highest BCUT2D eigenvalue weighted by atomic mass is 127. The van der Waals surface area contributed by atoms with Crippen molar-refractivity contribution in [2.45, 2.75) is 16.9 Å². The molecule has 0 saturated carbocycles. The topological polar surface area (TPSA) is 64.3 Å². The number of hydrogen-bond acceptors (Lipinski definition) is 5. The van der Waals surface area contributed by atoms with E-state index in [2.05, 4.69) is 37.5 Å². The highest BCUT2D eigenvalue weighted by Crippen LogP contribution is 2.29. The second-order valence-electron chi connectivity index (χ2n) is 5.75. The second kappa shape index (κ2) is 7.23. The largest absolute Gasteiger partial charge is 0.481 e. The predicted octanol–water partition coefficient (Wildman–Crippen LogP) is 2.36. The minimum absolute atomic E-state index is 0.308. The van der Waals surface area contributed by atoms with Crippen LogP contribution in [0.2, 0.25) is 0 Å². The average Bonchev–Trinajstić information content (AvgIpc) is 2.93. The second-order valence-corrected chi connectivity index (χ2v) is 7.03. The van der Waals surface area contributed by atoms with E-state index >= 15 is 0 Å². The zero-order chi connectivity index (χ0) is 16.4. The third-order valence-corrected chi connectivity index (χ3v) is 6.23. The van der Waals surface area contributed by atoms with Crippen molar-refractivity contribution in [2.24, 2.45) is 11.7 Å². The Balaban J connectivity index is 1.83. The van der Waals surface area contributed by atoms with Crippen LogP contribution in [0.25, 0.3) is 11.0 Å². The van der Waals surface area contributed by atoms with Gasteiger partial charge in [-0.15, -0.1) is 0 Å². The van der Waals surface area contributed by atoms with Crippen molar-refractivity contribution in [3.8, 4) is 5.88 Å². The van der Waals surface area contributed by atoms with Crippen LogP contribution >= 0.6 is 22.6 Å². The minimum atomic E-state index is -0.308. The van der Waals surface area contributed by atoms with Crippen LogP contribution in [-0.2, 0) is 6.42 Å². The summed E-state index contributed by atoms with van der Waals surface area (Å²) >= 11 is 2.44. The summed E-state index contributed by atoms with van der Waals surface area (Å²) in [6, 6.07) is 3.55. The molecular weight excluding hydrogens is 410 g/mol. The summed E-state index contributed by atoms with van der Waals surface area (Å²) in [5.74, 6) is 0.688. The number of hydrogen-bond donors (Lipinski definition) is 1. The van der Waals surface area contributed by atoms with E-state index in [1.807, 2.05) is 6.07 Å². The Bertz CT molecular complexity index is 699. The lowest BCUT2D eigenvalue weighted by molar-refractivity contribution is 0.314. The highest BCUT2D eigenvalue weighted by molar-refractivity contribution is 14.1. The number of fused-ring (bicyclic) bond motifs is 1. The third-order valence-electron chi connectivity index (χ3n) is 4.43. The van der Waals surface area contributed by atoms with Gasteiger partial charge in [-0.25, -0.2) is 9.37 Å². The summed E-state index contributed by atoms with van der Waals surface area (Å²) in [5.41, 5.74) is 7.68. The number of methoxy groups -OCH3 is 1. The molecule has 3 heterocycles. The maximum Gasteiger partial charge on any atom is 0.213 e. The first-order valence-electron chi connectivity index (χ1n) is 7.70. The minimum Gasteiger partial charge on any atom is -0.481 e. The van der Waals surface area contributed by atoms with Gasteiger partial charge in [-0.3, -0.25) is 9.88 Å². The van der Waals surface area contributed by atoms with Crippen molar-refractivity contribution in [3.05, 3.63) is 29.7 Å². The number of ether oxygens (including phenoxy) is 1. The first-order chi connectivity index (χ1) is 11.1. The van der Waals surface area contributed by atoms with Crippen LogP contribution in [0.3, 0.4) is 0 Å². The summed E-state index contributed by atoms with van der Waals surface area (Å²) in [7, 11) is 1.55. The Morgan fingerprint density at radius 1 is 1.48 bits per heavy atom. The normalized spacial score (nSPS) is 21.9. The lowest BCUT2D eigenvalue weighted by atomic mass is 10.1. The van der Waals surface area contributed by atoms with E-state index < -0.39 is 0 Å². The van der Waals surface area contributed by atoms with Gasteiger partial charge in [0.1, 0.15) is 5.82 Å². The molecule has 1 aliphatic heterocycles. The molecule has 0 spiro atoms. The van der Waals surface area contributed by atoms with Crippen LogP contribution in [0, 0.1) is 11.7 Å². The van der Waals surface area contributed by atoms with E-state index in [1.54, 1.807) is 13.2 Å². The molecule has 0 aliphatic carbocycles. The van der Waals surface area contributed by atoms with Gasteiger partial charge in [0.15, 0.2) is 0 Å². The first kappa shape index (κ1) is 16.8. The Hall–Kier alpha value is -1.06. The molecule has 0 amide bonds. The zero-order valence-electron chi connectivity index (χ0n) is 13.0. The Morgan fingerprint density at radius 3 is 3.00 bits per heavy atom. The number of pyridine rings is 2. The van der Waals surface area contributed by atoms with Crippen molar-refractivity contribution in [1.82, 2.24) is 14.9 Å². The van der Waals surface area contributed by atoms with Crippen molar-refractivity contribution < 1.29 is 9.13 Å². The van der Waals surface area contributed by atoms with E-state index in [0.29, 0.717) is 45.4 Å². The zero-order valence-corrected chi connectivity index (χ0v) is 15.2. The smallest absolute Gasteiger partial charge is 0.213 e. The number of aromatic nitrogens is 2. The maximum atomic E-state index is 14.3. The molecule has 124 valence electrons. The summed E-state index contributed by atoms with van der Waals surface area (Å²) in [5, 5.41) is 0. The van der Waals surface area contributed by atoms with Crippen molar-refractivity contribution >= 4 is 33.6 Å². The molecule has 2 aromatic heterocycles. The Labute approximate surface area is 148 Å². The molecule has 0 aromatic carbocycles. The molecule has 1 fully saturated rings. The number of rotatable bonds is 5. The molecule has 1 unspecified atom stereocenters. The van der Waals surface area contributed by atoms with E-state index in [4.69, 9.17) is 10.5 Å². The molecule has 2 aromatic rings. The molecular formula is C16H20FIN4O. The lowest BCUT2D eigenvalue weighted by Gasteiger charge is -2.22. The van der Waals surface area contributed by atoms with Gasteiger partial charge in [0.2, 0.25) is 5.88 Å². The summed E-state index contributed by atoms with van der Waals surface area (Å²) in [6.45, 7) is 2.51. The van der Waals surface area contributed by atoms with Gasteiger partial charge in [0.05, 0.1) is 28.4 Å². The van der Waals surface area contributed by atoms with Gasteiger partial charge in [0.25, 0.3) is 0 Å². The summed E-state index contributed by atoms with van der Waals surface area (Å²) in [4.78, 5) is 10.9. The SMILES string of the molecule is COc1ccc2ncc(F)c(CCN3CC[C@@H](CN)C3I)c2n1. The molecule has 23 heavy (non-hydrogen) atoms. The summed E-state index contributed by atoms with van der Waals surface area (Å²) in [6.07, 6.45) is 2.98. The molecule has 1 saturated heterocycles. The number of alkyl halides is 1. The molecule has 2 N–H and O–H groups in total. The molecule has 3 rings (SSSR count). The van der Waals surface area contributed by atoms with E-state index in [-0.39, 0.29) is 5.82 Å². The molecule has 0 bridgehead atoms. The summed E-state index contributed by atoms with van der Waals surface area (Å²) < 4.78 is 19.9. The molecule has 0 radical (unpaired) electrons. The lowest BCUT2D eigenvalue weighted by Crippen LogP contribution is -2.32. The fourth-order valence-electron chi connectivity index (χ4n) is 3.04. The average molecular weight is 430 g/mol. The van der Waals surface area contributed by atoms with Gasteiger partial charge in [-0.2, -0.15) is 0 Å². The predicted molar refractivity (Wildman–Crippen MR) is 96.3 cm³/mol. The molecule has 1 aliphatic rings. The van der Waals surface area contributed by atoms with Crippen molar-refractivity contribution in [3.63, 3.8) is 0 Å². The van der Waals surface area contributed by atoms with Gasteiger partial charge < -0.3 is 10.5 Å². The van der Waals surface area contributed by atoms with Gasteiger partial charge in [0, 0.05) is 18.2 Å². The number of halogens is 2. The number of nitrogens with zero attached hydrogens (tertiary/aromatic N) is 3. The highest BCUT2D eigenvalue weighted by Gasteiger charge is 2.30. The van der Waals surface area contributed by atoms with Gasteiger partial charge in [-0.05, 0) is 37.9 Å². The fraction of sp³-hybridized carbons (Fsp3) is 0.500. The van der Waals surface area contributed by atoms with Crippen LogP contribution in [0.5, 0.6) is 5.88 Å². The standard InChI is InChI=1S/C16H20FIN4O/c1-23-14-3-2-13-15(21-14)11(12(17)9-20-13)5-7-22-6-4-10(8-19)16(22)18/h2-3,9-10,16H,4-8,19H2,1H3/t10-,16?/m0/s1. The fourth-order valence-corrected chi connectivity index (χ4v) is 4.25. The molecule has 2 atom stereocenters. The van der Waals surface area contributed by atoms with E-state index in [0.717, 1.165) is 19.5 Å². The Morgan fingerprint density at radius 2 is 2.30 bits per heavy atom. The van der Waals surface area contributed by atoms with Crippen LogP contribution in [0.1, 0.15) is 12.0 Å². The Kier molecular flexibility index (Phi) is 5.27. The van der Waals surface area contributed by atoms with E-state index in [1.165, 1.54) is 6.20 Å². The third kappa shape index (κ3) is 3.41. The van der Waals surface area contributed by atoms with Crippen LogP contribution < -0.4 is 10.5 Å². The first-order valence-corrected chi connectivity index (χ1v) is 8.95. The van der Waals surface area contributed by atoms with Gasteiger partial charge in [-0.1, -0.05) is 22.6 Å².